The molecule has 0 radical (unpaired) electrons. The first-order valence-corrected chi connectivity index (χ1v) is 5.56. The maximum Gasteiger partial charge on any atom is 0.401 e. The summed E-state index contributed by atoms with van der Waals surface area (Å²) in [6.07, 6.45) is -2.06. The summed E-state index contributed by atoms with van der Waals surface area (Å²) in [6.45, 7) is 3.93. The fourth-order valence-corrected chi connectivity index (χ4v) is 1.55. The van der Waals surface area contributed by atoms with E-state index >= 15 is 0 Å². The molecule has 0 fully saturated rings. The van der Waals surface area contributed by atoms with Gasteiger partial charge in [0.2, 0.25) is 0 Å². The van der Waals surface area contributed by atoms with Gasteiger partial charge in [-0.05, 0) is 19.4 Å². The molecule has 0 saturated heterocycles. The summed E-state index contributed by atoms with van der Waals surface area (Å²) < 4.78 is 37.5. The van der Waals surface area contributed by atoms with E-state index in [1.165, 1.54) is 6.33 Å². The molecule has 0 amide bonds. The van der Waals surface area contributed by atoms with E-state index in [1.807, 2.05) is 13.8 Å². The highest BCUT2D eigenvalue weighted by atomic mass is 19.4. The van der Waals surface area contributed by atoms with E-state index in [2.05, 4.69) is 15.4 Å². The van der Waals surface area contributed by atoms with Gasteiger partial charge in [-0.2, -0.15) is 18.3 Å². The maximum absolute atomic E-state index is 11.9. The molecule has 0 aliphatic rings. The van der Waals surface area contributed by atoms with Crippen LogP contribution in [0.4, 0.5) is 13.2 Å². The van der Waals surface area contributed by atoms with Gasteiger partial charge >= 0.3 is 6.18 Å². The van der Waals surface area contributed by atoms with Gasteiger partial charge in [-0.3, -0.25) is 4.68 Å². The van der Waals surface area contributed by atoms with Crippen molar-refractivity contribution in [2.75, 3.05) is 13.1 Å². The van der Waals surface area contributed by atoms with Crippen molar-refractivity contribution in [1.82, 2.24) is 20.1 Å². The maximum atomic E-state index is 11.9. The molecular weight excluding hydrogens is 233 g/mol. The predicted octanol–water partition coefficient (Wildman–Crippen LogP) is 1.63. The van der Waals surface area contributed by atoms with Crippen molar-refractivity contribution >= 4 is 0 Å². The summed E-state index contributed by atoms with van der Waals surface area (Å²) in [4.78, 5) is 4.09. The summed E-state index contributed by atoms with van der Waals surface area (Å²) in [6, 6.07) is 0. The van der Waals surface area contributed by atoms with Gasteiger partial charge in [0.25, 0.3) is 0 Å². The lowest BCUT2D eigenvalue weighted by Gasteiger charge is -2.13. The van der Waals surface area contributed by atoms with Crippen LogP contribution in [-0.2, 0) is 13.0 Å². The van der Waals surface area contributed by atoms with Gasteiger partial charge in [0.1, 0.15) is 12.2 Å². The third-order valence-electron chi connectivity index (χ3n) is 2.34. The number of rotatable bonds is 6. The molecule has 4 nitrogen and oxygen atoms in total. The van der Waals surface area contributed by atoms with Gasteiger partial charge < -0.3 is 5.32 Å². The van der Waals surface area contributed by atoms with Crippen LogP contribution in [0.5, 0.6) is 0 Å². The first kappa shape index (κ1) is 14.0. The topological polar surface area (TPSA) is 42.7 Å². The normalized spacial score (nSPS) is 13.9. The molecule has 1 rings (SSSR count). The molecule has 1 unspecified atom stereocenters. The van der Waals surface area contributed by atoms with Crippen LogP contribution in [0.1, 0.15) is 19.7 Å². The van der Waals surface area contributed by atoms with Crippen LogP contribution >= 0.6 is 0 Å². The van der Waals surface area contributed by atoms with Crippen LogP contribution in [0.25, 0.3) is 0 Å². The van der Waals surface area contributed by atoms with Gasteiger partial charge in [0.15, 0.2) is 0 Å². The molecule has 1 atom stereocenters. The number of aryl methyl sites for hydroxylation is 1. The highest BCUT2D eigenvalue weighted by Gasteiger charge is 2.26. The van der Waals surface area contributed by atoms with Crippen molar-refractivity contribution in [1.29, 1.82) is 0 Å². The molecule has 0 aliphatic carbocycles. The van der Waals surface area contributed by atoms with Crippen LogP contribution in [0.3, 0.4) is 0 Å². The van der Waals surface area contributed by atoms with E-state index in [9.17, 15) is 13.2 Å². The quantitative estimate of drug-likeness (QED) is 0.834. The summed E-state index contributed by atoms with van der Waals surface area (Å²) in [5, 5.41) is 6.40. The molecule has 1 aromatic heterocycles. The minimum atomic E-state index is -4.15. The molecule has 1 aromatic rings. The Morgan fingerprint density at radius 2 is 2.18 bits per heavy atom. The van der Waals surface area contributed by atoms with Crippen molar-refractivity contribution < 1.29 is 13.2 Å². The number of aromatic nitrogens is 3. The molecular formula is C10H17F3N4. The zero-order valence-corrected chi connectivity index (χ0v) is 9.96. The largest absolute Gasteiger partial charge is 0.401 e. The third-order valence-corrected chi connectivity index (χ3v) is 2.34. The molecule has 7 heteroatoms. The number of nitrogens with zero attached hydrogens (tertiary/aromatic N) is 3. The second kappa shape index (κ2) is 6.00. The van der Waals surface area contributed by atoms with E-state index in [0.29, 0.717) is 13.0 Å². The van der Waals surface area contributed by atoms with Crippen molar-refractivity contribution in [3.05, 3.63) is 12.2 Å². The molecule has 1 N–H and O–H groups in total. The minimum Gasteiger partial charge on any atom is -0.308 e. The molecule has 17 heavy (non-hydrogen) atoms. The van der Waals surface area contributed by atoms with Crippen LogP contribution in [0, 0.1) is 5.92 Å². The van der Waals surface area contributed by atoms with Gasteiger partial charge in [0, 0.05) is 13.0 Å². The fourth-order valence-electron chi connectivity index (χ4n) is 1.55. The van der Waals surface area contributed by atoms with Crippen molar-refractivity contribution in [3.8, 4) is 0 Å². The predicted molar refractivity (Wildman–Crippen MR) is 57.5 cm³/mol. The van der Waals surface area contributed by atoms with Crippen LogP contribution in [0.15, 0.2) is 6.33 Å². The lowest BCUT2D eigenvalue weighted by atomic mass is 10.1. The highest BCUT2D eigenvalue weighted by molar-refractivity contribution is 4.86. The van der Waals surface area contributed by atoms with Crippen LogP contribution in [0.2, 0.25) is 0 Å². The summed E-state index contributed by atoms with van der Waals surface area (Å²) >= 11 is 0. The summed E-state index contributed by atoms with van der Waals surface area (Å²) in [5.74, 6) is 0.903. The molecule has 1 heterocycles. The molecule has 0 spiro atoms. The first-order valence-electron chi connectivity index (χ1n) is 5.56. The zero-order valence-electron chi connectivity index (χ0n) is 9.96. The Kier molecular flexibility index (Phi) is 4.92. The average Bonchev–Trinajstić information content (AvgIpc) is 2.63. The third kappa shape index (κ3) is 5.16. The Bertz CT molecular complexity index is 335. The Balaban J connectivity index is 2.32. The van der Waals surface area contributed by atoms with E-state index < -0.39 is 12.7 Å². The first-order chi connectivity index (χ1) is 7.92. The van der Waals surface area contributed by atoms with Gasteiger partial charge in [-0.15, -0.1) is 0 Å². The van der Waals surface area contributed by atoms with Gasteiger partial charge in [-0.1, -0.05) is 6.92 Å². The van der Waals surface area contributed by atoms with Crippen molar-refractivity contribution in [3.63, 3.8) is 0 Å². The number of nitrogens with one attached hydrogen (secondary N) is 1. The second-order valence-electron chi connectivity index (χ2n) is 4.05. The lowest BCUT2D eigenvalue weighted by molar-refractivity contribution is -0.125. The van der Waals surface area contributed by atoms with E-state index in [1.54, 1.807) is 4.68 Å². The van der Waals surface area contributed by atoms with E-state index in [-0.39, 0.29) is 5.92 Å². The number of hydrogen-bond donors (Lipinski definition) is 1. The van der Waals surface area contributed by atoms with Crippen molar-refractivity contribution in [2.45, 2.75) is 33.0 Å². The second-order valence-corrected chi connectivity index (χ2v) is 4.05. The number of hydrogen-bond acceptors (Lipinski definition) is 3. The number of halogens is 3. The zero-order chi connectivity index (χ0) is 12.9. The minimum absolute atomic E-state index is 0.0897. The average molecular weight is 250 g/mol. The number of alkyl halides is 3. The molecule has 0 bridgehead atoms. The van der Waals surface area contributed by atoms with Crippen LogP contribution in [-0.4, -0.2) is 34.0 Å². The van der Waals surface area contributed by atoms with E-state index in [0.717, 1.165) is 12.4 Å². The lowest BCUT2D eigenvalue weighted by Crippen LogP contribution is -2.32. The molecule has 98 valence electrons. The fraction of sp³-hybridized carbons (Fsp3) is 0.800. The van der Waals surface area contributed by atoms with Crippen molar-refractivity contribution in [2.24, 2.45) is 5.92 Å². The Labute approximate surface area is 98.2 Å². The summed E-state index contributed by atoms with van der Waals surface area (Å²) in [7, 11) is 0. The Hall–Kier alpha value is -1.11. The monoisotopic (exact) mass is 250 g/mol. The molecule has 0 aromatic carbocycles. The summed E-state index contributed by atoms with van der Waals surface area (Å²) in [5.41, 5.74) is 0. The van der Waals surface area contributed by atoms with Crippen LogP contribution < -0.4 is 5.32 Å². The smallest absolute Gasteiger partial charge is 0.308 e. The Morgan fingerprint density at radius 3 is 2.76 bits per heavy atom. The standard InChI is InChI=1S/C10H17F3N4/c1-3-17-9(15-7-16-17)4-8(2)5-14-6-10(11,12)13/h7-8,14H,3-6H2,1-2H3. The molecule has 0 aliphatic heterocycles. The van der Waals surface area contributed by atoms with E-state index in [4.69, 9.17) is 0 Å². The van der Waals surface area contributed by atoms with Gasteiger partial charge in [-0.25, -0.2) is 4.98 Å². The molecule has 0 saturated carbocycles. The highest BCUT2D eigenvalue weighted by Crippen LogP contribution is 2.12. The Morgan fingerprint density at radius 1 is 1.47 bits per heavy atom. The SMILES string of the molecule is CCn1ncnc1CC(C)CNCC(F)(F)F. The van der Waals surface area contributed by atoms with Gasteiger partial charge in [0.05, 0.1) is 6.54 Å².